The first-order chi connectivity index (χ1) is 6.27. The maximum Gasteiger partial charge on any atom is 0.177 e. The van der Waals surface area contributed by atoms with Gasteiger partial charge < -0.3 is 0 Å². The number of nitrogens with zero attached hydrogens (tertiary/aromatic N) is 3. The number of pyridine rings is 1. The van der Waals surface area contributed by atoms with Crippen LogP contribution in [-0.4, -0.2) is 18.4 Å². The van der Waals surface area contributed by atoms with Crippen LogP contribution in [0.15, 0.2) is 22.2 Å². The summed E-state index contributed by atoms with van der Waals surface area (Å²) in [5, 5.41) is 0. The Hall–Kier alpha value is -1.51. The molecule has 0 bridgehead atoms. The predicted octanol–water partition coefficient (Wildman–Crippen LogP) is 3.08. The van der Waals surface area contributed by atoms with Crippen molar-refractivity contribution in [3.63, 3.8) is 0 Å². The number of rotatable bonds is 2. The molecule has 70 valence electrons. The third-order valence-electron chi connectivity index (χ3n) is 1.30. The van der Waals surface area contributed by atoms with E-state index in [1.165, 1.54) is 0 Å². The normalized spacial score (nSPS) is 8.23. The van der Waals surface area contributed by atoms with Crippen LogP contribution in [0.2, 0.25) is 0 Å². The highest BCUT2D eigenvalue weighted by Gasteiger charge is 1.97. The highest BCUT2D eigenvalue weighted by molar-refractivity contribution is 5.62. The Bertz CT molecular complexity index is 292. The average Bonchev–Trinajstić information content (AvgIpc) is 2.20. The summed E-state index contributed by atoms with van der Waals surface area (Å²) in [6.45, 7) is 12.7. The van der Waals surface area contributed by atoms with Gasteiger partial charge in [0.2, 0.25) is 0 Å². The van der Waals surface area contributed by atoms with Crippen molar-refractivity contribution >= 4 is 24.9 Å². The number of aryl methyl sites for hydroxylation is 1. The molecule has 0 saturated carbocycles. The van der Waals surface area contributed by atoms with Crippen LogP contribution in [-0.2, 0) is 0 Å². The van der Waals surface area contributed by atoms with Gasteiger partial charge in [-0.15, -0.1) is 0 Å². The number of aliphatic imine (C=N–C) groups is 2. The summed E-state index contributed by atoms with van der Waals surface area (Å²) < 4.78 is 0. The molecule has 0 aliphatic heterocycles. The fraction of sp³-hybridized carbons (Fsp3) is 0.300. The van der Waals surface area contributed by atoms with Gasteiger partial charge in [0.25, 0.3) is 0 Å². The summed E-state index contributed by atoms with van der Waals surface area (Å²) in [5.74, 6) is 0.533. The van der Waals surface area contributed by atoms with Crippen molar-refractivity contribution in [1.29, 1.82) is 0 Å². The third-order valence-corrected chi connectivity index (χ3v) is 1.30. The highest BCUT2D eigenvalue weighted by Crippen LogP contribution is 2.24. The first kappa shape index (κ1) is 11.5. The Morgan fingerprint density at radius 2 is 1.85 bits per heavy atom. The van der Waals surface area contributed by atoms with Gasteiger partial charge in [-0.25, -0.2) is 9.98 Å². The zero-order chi connectivity index (χ0) is 10.3. The fourth-order valence-electron chi connectivity index (χ4n) is 0.785. The Labute approximate surface area is 79.3 Å². The molecule has 0 unspecified atom stereocenters. The van der Waals surface area contributed by atoms with Crippen LogP contribution in [0.1, 0.15) is 19.4 Å². The van der Waals surface area contributed by atoms with Gasteiger partial charge in [-0.2, -0.15) is 0 Å². The molecular weight excluding hydrogens is 162 g/mol. The molecule has 0 fully saturated rings. The molecule has 0 aromatic carbocycles. The topological polar surface area (TPSA) is 37.6 Å². The van der Waals surface area contributed by atoms with E-state index < -0.39 is 0 Å². The molecule has 1 heterocycles. The monoisotopic (exact) mass is 177 g/mol. The van der Waals surface area contributed by atoms with Crippen LogP contribution in [0.3, 0.4) is 0 Å². The summed E-state index contributed by atoms with van der Waals surface area (Å²) in [5.41, 5.74) is 1.72. The second kappa shape index (κ2) is 6.06. The lowest BCUT2D eigenvalue weighted by molar-refractivity contribution is 1.23. The molecule has 0 radical (unpaired) electrons. The van der Waals surface area contributed by atoms with Crippen molar-refractivity contribution in [3.05, 3.63) is 17.8 Å². The number of hydrogen-bond acceptors (Lipinski definition) is 3. The molecule has 3 heteroatoms. The molecule has 0 N–H and O–H groups in total. The maximum atomic E-state index is 4.00. The minimum Gasteiger partial charge on any atom is -0.261 e. The van der Waals surface area contributed by atoms with Crippen molar-refractivity contribution in [2.75, 3.05) is 0 Å². The maximum absolute atomic E-state index is 4.00. The molecule has 0 atom stereocenters. The van der Waals surface area contributed by atoms with E-state index in [2.05, 4.69) is 28.4 Å². The third kappa shape index (κ3) is 3.15. The van der Waals surface area contributed by atoms with Crippen molar-refractivity contribution in [2.24, 2.45) is 9.98 Å². The lowest BCUT2D eigenvalue weighted by atomic mass is 10.3. The molecular formula is C10H15N3. The Kier molecular flexibility index (Phi) is 5.35. The van der Waals surface area contributed by atoms with Gasteiger partial charge in [-0.05, 0) is 32.0 Å². The van der Waals surface area contributed by atoms with Gasteiger partial charge >= 0.3 is 0 Å². The zero-order valence-electron chi connectivity index (χ0n) is 8.41. The van der Waals surface area contributed by atoms with Crippen LogP contribution in [0.4, 0.5) is 11.5 Å². The summed E-state index contributed by atoms with van der Waals surface area (Å²) >= 11 is 0. The van der Waals surface area contributed by atoms with Crippen LogP contribution >= 0.6 is 0 Å². The van der Waals surface area contributed by atoms with Crippen molar-refractivity contribution in [2.45, 2.75) is 20.8 Å². The van der Waals surface area contributed by atoms with Gasteiger partial charge in [-0.3, -0.25) is 4.99 Å². The molecule has 0 aliphatic rings. The molecule has 1 aromatic rings. The highest BCUT2D eigenvalue weighted by atomic mass is 14.9. The molecule has 13 heavy (non-hydrogen) atoms. The van der Waals surface area contributed by atoms with Gasteiger partial charge in [0.05, 0.1) is 0 Å². The van der Waals surface area contributed by atoms with E-state index in [1.807, 2.05) is 26.8 Å². The smallest absolute Gasteiger partial charge is 0.177 e. The van der Waals surface area contributed by atoms with E-state index in [1.54, 1.807) is 6.20 Å². The largest absolute Gasteiger partial charge is 0.261 e. The van der Waals surface area contributed by atoms with Crippen LogP contribution in [0.25, 0.3) is 0 Å². The molecule has 1 rings (SSSR count). The summed E-state index contributed by atoms with van der Waals surface area (Å²) in [6, 6.07) is 1.87. The summed E-state index contributed by atoms with van der Waals surface area (Å²) in [4.78, 5) is 11.4. The second-order valence-corrected chi connectivity index (χ2v) is 2.17. The summed E-state index contributed by atoms with van der Waals surface area (Å²) in [7, 11) is 0. The molecule has 0 amide bonds. The number of hydrogen-bond donors (Lipinski definition) is 0. The van der Waals surface area contributed by atoms with E-state index in [4.69, 9.17) is 0 Å². The minimum atomic E-state index is 0.533. The quantitative estimate of drug-likeness (QED) is 0.639. The molecule has 3 nitrogen and oxygen atoms in total. The predicted molar refractivity (Wildman–Crippen MR) is 58.7 cm³/mol. The Morgan fingerprint density at radius 1 is 1.23 bits per heavy atom. The van der Waals surface area contributed by atoms with Gasteiger partial charge in [-0.1, -0.05) is 13.8 Å². The molecule has 0 aliphatic carbocycles. The fourth-order valence-corrected chi connectivity index (χ4v) is 0.785. The van der Waals surface area contributed by atoms with Crippen molar-refractivity contribution in [3.8, 4) is 0 Å². The Morgan fingerprint density at radius 3 is 2.31 bits per heavy atom. The van der Waals surface area contributed by atoms with Gasteiger partial charge in [0, 0.05) is 6.20 Å². The summed E-state index contributed by atoms with van der Waals surface area (Å²) in [6.07, 6.45) is 1.72. The van der Waals surface area contributed by atoms with Crippen molar-refractivity contribution < 1.29 is 0 Å². The molecule has 0 spiro atoms. The van der Waals surface area contributed by atoms with Crippen LogP contribution in [0, 0.1) is 6.92 Å². The standard InChI is InChI=1S/C8H9N3.C2H6/c1-6-4-7(9-2)8(10-3)11-5-6;1-2/h4-5H,2-3H2,1H3;1-2H3. The first-order valence-corrected chi connectivity index (χ1v) is 4.18. The van der Waals surface area contributed by atoms with E-state index in [-0.39, 0.29) is 0 Å². The first-order valence-electron chi connectivity index (χ1n) is 4.18. The lowest BCUT2D eigenvalue weighted by Crippen LogP contribution is -1.77. The average molecular weight is 177 g/mol. The SMILES string of the molecule is C=Nc1cc(C)cnc1N=C.CC. The van der Waals surface area contributed by atoms with Gasteiger partial charge in [0.1, 0.15) is 5.69 Å². The van der Waals surface area contributed by atoms with Crippen LogP contribution < -0.4 is 0 Å². The van der Waals surface area contributed by atoms with Crippen molar-refractivity contribution in [1.82, 2.24) is 4.98 Å². The lowest BCUT2D eigenvalue weighted by Gasteiger charge is -1.97. The number of aromatic nitrogens is 1. The van der Waals surface area contributed by atoms with Gasteiger partial charge in [0.15, 0.2) is 5.82 Å². The van der Waals surface area contributed by atoms with E-state index in [0.29, 0.717) is 11.5 Å². The molecule has 0 saturated heterocycles. The van der Waals surface area contributed by atoms with E-state index in [9.17, 15) is 0 Å². The molecule has 1 aromatic heterocycles. The second-order valence-electron chi connectivity index (χ2n) is 2.17. The Balaban J connectivity index is 0.000000671. The van der Waals surface area contributed by atoms with Crippen LogP contribution in [0.5, 0.6) is 0 Å². The minimum absolute atomic E-state index is 0.533. The zero-order valence-corrected chi connectivity index (χ0v) is 8.41. The van der Waals surface area contributed by atoms with E-state index in [0.717, 1.165) is 5.56 Å². The van der Waals surface area contributed by atoms with E-state index >= 15 is 0 Å².